The Balaban J connectivity index is 1.44. The van der Waals surface area contributed by atoms with Crippen LogP contribution >= 0.6 is 12.6 Å². The number of nitrogens with zero attached hydrogens (tertiary/aromatic N) is 4. The summed E-state index contributed by atoms with van der Waals surface area (Å²) in [6.07, 6.45) is 1.99. The summed E-state index contributed by atoms with van der Waals surface area (Å²) in [7, 11) is 0. The van der Waals surface area contributed by atoms with E-state index in [4.69, 9.17) is 5.26 Å². The minimum atomic E-state index is -4.85. The first-order chi connectivity index (χ1) is 18.1. The standard InChI is InChI=1S/C26H25F4N5O2S/c27-20-11-16(6-7-18(20)22(36)33-13-15-4-1-2-5-15)35-24(38)34(23(37)25(35)8-3-9-25)17-10-19(26(28,29)30)21(12-31)32-14-17/h6-7,10-11,14-15,24,38H,1-5,8-9,13H2,(H,33,36). The molecule has 1 aromatic heterocycles. The van der Waals surface area contributed by atoms with Crippen molar-refractivity contribution in [2.45, 2.75) is 62.2 Å². The second-order valence-electron chi connectivity index (χ2n) is 10.0. The van der Waals surface area contributed by atoms with E-state index in [9.17, 15) is 22.8 Å². The molecule has 1 saturated heterocycles. The van der Waals surface area contributed by atoms with Gasteiger partial charge in [0.1, 0.15) is 17.4 Å². The summed E-state index contributed by atoms with van der Waals surface area (Å²) >= 11 is 4.56. The molecule has 1 N–H and O–H groups in total. The molecule has 1 spiro atoms. The van der Waals surface area contributed by atoms with Crippen molar-refractivity contribution < 1.29 is 27.2 Å². The van der Waals surface area contributed by atoms with Crippen molar-refractivity contribution in [1.29, 1.82) is 5.26 Å². The van der Waals surface area contributed by atoms with E-state index < -0.39 is 46.1 Å². The Morgan fingerprint density at radius 1 is 1.18 bits per heavy atom. The van der Waals surface area contributed by atoms with Crippen molar-refractivity contribution in [1.82, 2.24) is 10.3 Å². The monoisotopic (exact) mass is 547 g/mol. The third kappa shape index (κ3) is 4.36. The fourth-order valence-electron chi connectivity index (χ4n) is 5.64. The molecule has 12 heteroatoms. The number of hydrogen-bond donors (Lipinski definition) is 2. The number of rotatable bonds is 5. The first-order valence-corrected chi connectivity index (χ1v) is 12.9. The number of benzene rings is 1. The molecule has 2 saturated carbocycles. The zero-order valence-corrected chi connectivity index (χ0v) is 21.2. The van der Waals surface area contributed by atoms with Gasteiger partial charge in [-0.25, -0.2) is 9.37 Å². The van der Waals surface area contributed by atoms with Gasteiger partial charge in [0.05, 0.1) is 23.0 Å². The van der Waals surface area contributed by atoms with Crippen LogP contribution in [-0.2, 0) is 11.0 Å². The average Bonchev–Trinajstić information content (AvgIpc) is 3.45. The lowest BCUT2D eigenvalue weighted by Gasteiger charge is -2.44. The molecular weight excluding hydrogens is 522 g/mol. The molecule has 38 heavy (non-hydrogen) atoms. The van der Waals surface area contributed by atoms with Gasteiger partial charge in [-0.1, -0.05) is 12.8 Å². The molecule has 7 nitrogen and oxygen atoms in total. The van der Waals surface area contributed by atoms with E-state index in [1.54, 1.807) is 4.90 Å². The highest BCUT2D eigenvalue weighted by Gasteiger charge is 2.60. The third-order valence-electron chi connectivity index (χ3n) is 7.78. The third-order valence-corrected chi connectivity index (χ3v) is 8.25. The summed E-state index contributed by atoms with van der Waals surface area (Å²) in [5.74, 6) is -1.39. The molecule has 200 valence electrons. The lowest BCUT2D eigenvalue weighted by molar-refractivity contribution is -0.138. The lowest BCUT2D eigenvalue weighted by atomic mass is 9.75. The number of carbonyl (C=O) groups excluding carboxylic acids is 2. The fourth-order valence-corrected chi connectivity index (χ4v) is 6.23. The van der Waals surface area contributed by atoms with Crippen LogP contribution in [0.15, 0.2) is 30.5 Å². The molecule has 1 unspecified atom stereocenters. The van der Waals surface area contributed by atoms with Crippen LogP contribution in [0.25, 0.3) is 0 Å². The molecule has 0 radical (unpaired) electrons. The Hall–Kier alpha value is -3.33. The van der Waals surface area contributed by atoms with Gasteiger partial charge in [-0.3, -0.25) is 14.5 Å². The number of halogens is 4. The second-order valence-corrected chi connectivity index (χ2v) is 10.5. The van der Waals surface area contributed by atoms with Gasteiger partial charge in [-0.15, -0.1) is 12.6 Å². The Bertz CT molecular complexity index is 1320. The highest BCUT2D eigenvalue weighted by molar-refractivity contribution is 7.81. The van der Waals surface area contributed by atoms with Crippen LogP contribution in [0.1, 0.15) is 66.6 Å². The van der Waals surface area contributed by atoms with E-state index in [2.05, 4.69) is 22.9 Å². The lowest BCUT2D eigenvalue weighted by Crippen LogP contribution is -2.55. The highest BCUT2D eigenvalue weighted by atomic mass is 32.1. The number of aromatic nitrogens is 1. The summed E-state index contributed by atoms with van der Waals surface area (Å²) in [6.45, 7) is 0.482. The van der Waals surface area contributed by atoms with Gasteiger partial charge in [0.2, 0.25) is 0 Å². The van der Waals surface area contributed by atoms with Gasteiger partial charge < -0.3 is 10.2 Å². The predicted molar refractivity (Wildman–Crippen MR) is 134 cm³/mol. The number of nitrogens with one attached hydrogen (secondary N) is 1. The molecule has 0 bridgehead atoms. The Morgan fingerprint density at radius 3 is 2.47 bits per heavy atom. The topological polar surface area (TPSA) is 89.3 Å². The molecule has 2 aliphatic carbocycles. The van der Waals surface area contributed by atoms with Crippen LogP contribution in [0.3, 0.4) is 0 Å². The van der Waals surface area contributed by atoms with Crippen LogP contribution < -0.4 is 15.1 Å². The molecule has 3 aliphatic rings. The smallest absolute Gasteiger partial charge is 0.352 e. The molecule has 1 aliphatic heterocycles. The highest BCUT2D eigenvalue weighted by Crippen LogP contribution is 2.50. The normalized spacial score (nSPS) is 21.1. The number of thiol groups is 1. The number of amides is 2. The van der Waals surface area contributed by atoms with Crippen LogP contribution in [0.2, 0.25) is 0 Å². The van der Waals surface area contributed by atoms with Gasteiger partial charge in [0.25, 0.3) is 11.8 Å². The maximum atomic E-state index is 15.2. The van der Waals surface area contributed by atoms with Crippen LogP contribution in [0, 0.1) is 23.1 Å². The van der Waals surface area contributed by atoms with Crippen molar-refractivity contribution in [2.24, 2.45) is 5.92 Å². The molecule has 2 aromatic rings. The van der Waals surface area contributed by atoms with E-state index in [0.717, 1.165) is 42.8 Å². The van der Waals surface area contributed by atoms with Crippen molar-refractivity contribution in [2.75, 3.05) is 16.3 Å². The van der Waals surface area contributed by atoms with Crippen molar-refractivity contribution in [3.8, 4) is 6.07 Å². The molecule has 2 amide bonds. The second kappa shape index (κ2) is 9.76. The molecular formula is C26H25F4N5O2S. The van der Waals surface area contributed by atoms with Gasteiger partial charge in [0, 0.05) is 12.2 Å². The molecule has 3 fully saturated rings. The molecule has 5 rings (SSSR count). The SMILES string of the molecule is N#Cc1ncc(N2C(=O)C3(CCC3)N(c3ccc(C(=O)NCC4CCCC4)c(F)c3)C2S)cc1C(F)(F)F. The summed E-state index contributed by atoms with van der Waals surface area (Å²) in [6, 6.07) is 6.15. The van der Waals surface area contributed by atoms with E-state index in [1.807, 2.05) is 0 Å². The first-order valence-electron chi connectivity index (χ1n) is 12.4. The van der Waals surface area contributed by atoms with Gasteiger partial charge in [0.15, 0.2) is 11.2 Å². The number of carbonyl (C=O) groups is 2. The van der Waals surface area contributed by atoms with Crippen LogP contribution in [-0.4, -0.2) is 34.4 Å². The van der Waals surface area contributed by atoms with E-state index in [0.29, 0.717) is 37.8 Å². The number of alkyl halides is 3. The summed E-state index contributed by atoms with van der Waals surface area (Å²) in [4.78, 5) is 32.5. The number of hydrogen-bond acceptors (Lipinski definition) is 6. The minimum absolute atomic E-state index is 0.126. The minimum Gasteiger partial charge on any atom is -0.352 e. The molecule has 2 heterocycles. The zero-order chi connectivity index (χ0) is 27.2. The van der Waals surface area contributed by atoms with Crippen LogP contribution in [0.4, 0.5) is 28.9 Å². The van der Waals surface area contributed by atoms with Crippen molar-refractivity contribution in [3.05, 3.63) is 53.1 Å². The van der Waals surface area contributed by atoms with E-state index in [-0.39, 0.29) is 16.9 Å². The average molecular weight is 548 g/mol. The number of pyridine rings is 1. The van der Waals surface area contributed by atoms with Gasteiger partial charge >= 0.3 is 6.18 Å². The Kier molecular flexibility index (Phi) is 6.75. The maximum absolute atomic E-state index is 15.2. The van der Waals surface area contributed by atoms with E-state index >= 15 is 4.39 Å². The number of nitriles is 1. The predicted octanol–water partition coefficient (Wildman–Crippen LogP) is 5.02. The van der Waals surface area contributed by atoms with Gasteiger partial charge in [-0.05, 0) is 62.3 Å². The quantitative estimate of drug-likeness (QED) is 0.405. The van der Waals surface area contributed by atoms with Crippen molar-refractivity contribution in [3.63, 3.8) is 0 Å². The maximum Gasteiger partial charge on any atom is 0.419 e. The zero-order valence-electron chi connectivity index (χ0n) is 20.3. The van der Waals surface area contributed by atoms with Gasteiger partial charge in [-0.2, -0.15) is 18.4 Å². The van der Waals surface area contributed by atoms with E-state index in [1.165, 1.54) is 18.2 Å². The van der Waals surface area contributed by atoms with Crippen LogP contribution in [0.5, 0.6) is 0 Å². The molecule has 1 aromatic carbocycles. The summed E-state index contributed by atoms with van der Waals surface area (Å²) in [5.41, 5.74) is -4.26. The van der Waals surface area contributed by atoms with Crippen molar-refractivity contribution >= 4 is 35.8 Å². The summed E-state index contributed by atoms with van der Waals surface area (Å²) in [5, 5.41) is 11.8. The first kappa shape index (κ1) is 26.3. The largest absolute Gasteiger partial charge is 0.419 e. The fraction of sp³-hybridized carbons (Fsp3) is 0.462. The number of anilines is 2. The summed E-state index contributed by atoms with van der Waals surface area (Å²) < 4.78 is 55.8. The Labute approximate surface area is 222 Å². The Morgan fingerprint density at radius 2 is 1.89 bits per heavy atom. The molecule has 1 atom stereocenters.